The fraction of sp³-hybridized carbons (Fsp3) is 0.100. The highest BCUT2D eigenvalue weighted by Crippen LogP contribution is 2.31. The van der Waals surface area contributed by atoms with Crippen molar-refractivity contribution < 1.29 is 9.18 Å². The first-order chi connectivity index (χ1) is 12.6. The molecule has 1 aliphatic heterocycles. The van der Waals surface area contributed by atoms with Crippen LogP contribution in [0.1, 0.15) is 17.5 Å². The lowest BCUT2D eigenvalue weighted by Gasteiger charge is -2.07. The predicted octanol–water partition coefficient (Wildman–Crippen LogP) is 4.57. The van der Waals surface area contributed by atoms with Crippen LogP contribution < -0.4 is 0 Å². The van der Waals surface area contributed by atoms with Gasteiger partial charge in [-0.3, -0.25) is 9.79 Å². The van der Waals surface area contributed by atoms with Crippen LogP contribution in [0.2, 0.25) is 5.15 Å². The zero-order valence-electron chi connectivity index (χ0n) is 13.6. The molecule has 2 aromatic heterocycles. The lowest BCUT2D eigenvalue weighted by Crippen LogP contribution is -2.09. The van der Waals surface area contributed by atoms with E-state index in [1.807, 2.05) is 0 Å². The van der Waals surface area contributed by atoms with Crippen LogP contribution in [0.3, 0.4) is 0 Å². The molecule has 4 nitrogen and oxygen atoms in total. The van der Waals surface area contributed by atoms with E-state index in [0.717, 1.165) is 11.1 Å². The van der Waals surface area contributed by atoms with Gasteiger partial charge >= 0.3 is 0 Å². The molecule has 1 aliphatic rings. The van der Waals surface area contributed by atoms with Gasteiger partial charge in [-0.15, -0.1) is 0 Å². The average molecular weight is 366 g/mol. The van der Waals surface area contributed by atoms with Gasteiger partial charge in [0.1, 0.15) is 10.9 Å². The number of carbonyl (C=O) groups is 1. The Kier molecular flexibility index (Phi) is 4.31. The number of pyridine rings is 2. The number of nitrogens with zero attached hydrogens (tertiary/aromatic N) is 3. The number of hydrogen-bond acceptors (Lipinski definition) is 4. The highest BCUT2D eigenvalue weighted by atomic mass is 35.5. The van der Waals surface area contributed by atoms with Crippen molar-refractivity contribution >= 4 is 28.8 Å². The monoisotopic (exact) mass is 365 g/mol. The van der Waals surface area contributed by atoms with E-state index in [0.29, 0.717) is 27.7 Å². The van der Waals surface area contributed by atoms with E-state index >= 15 is 0 Å². The zero-order valence-corrected chi connectivity index (χ0v) is 14.4. The van der Waals surface area contributed by atoms with Crippen molar-refractivity contribution in [3.05, 3.63) is 77.1 Å². The van der Waals surface area contributed by atoms with E-state index < -0.39 is 5.95 Å². The van der Waals surface area contributed by atoms with Crippen LogP contribution in [0.4, 0.5) is 10.1 Å². The molecule has 0 saturated heterocycles. The molecule has 0 aliphatic carbocycles. The Labute approximate surface area is 154 Å². The van der Waals surface area contributed by atoms with Gasteiger partial charge in [0.2, 0.25) is 5.95 Å². The van der Waals surface area contributed by atoms with Gasteiger partial charge in [0.05, 0.1) is 11.4 Å². The average Bonchev–Trinajstić information content (AvgIpc) is 2.79. The smallest absolute Gasteiger partial charge is 0.220 e. The maximum atomic E-state index is 14.0. The van der Waals surface area contributed by atoms with E-state index in [9.17, 15) is 9.18 Å². The summed E-state index contributed by atoms with van der Waals surface area (Å²) in [5.74, 6) is -0.498. The Bertz CT molecular complexity index is 1050. The zero-order chi connectivity index (χ0) is 18.1. The quantitative estimate of drug-likeness (QED) is 0.625. The van der Waals surface area contributed by atoms with Crippen molar-refractivity contribution in [2.45, 2.75) is 12.8 Å². The van der Waals surface area contributed by atoms with Gasteiger partial charge in [-0.05, 0) is 47.5 Å². The van der Waals surface area contributed by atoms with Gasteiger partial charge in [0.25, 0.3) is 0 Å². The summed E-state index contributed by atoms with van der Waals surface area (Å²) in [5, 5.41) is 0.351. The normalized spacial score (nSPS) is 13.8. The van der Waals surface area contributed by atoms with Crippen LogP contribution in [0.15, 0.2) is 59.9 Å². The van der Waals surface area contributed by atoms with Gasteiger partial charge < -0.3 is 0 Å². The van der Waals surface area contributed by atoms with Crippen molar-refractivity contribution in [2.75, 3.05) is 0 Å². The lowest BCUT2D eigenvalue weighted by atomic mass is 9.99. The van der Waals surface area contributed by atoms with Gasteiger partial charge in [-0.1, -0.05) is 17.7 Å². The molecule has 0 fully saturated rings. The van der Waals surface area contributed by atoms with Crippen LogP contribution in [-0.2, 0) is 11.2 Å². The number of aromatic nitrogens is 2. The van der Waals surface area contributed by atoms with Crippen molar-refractivity contribution in [1.82, 2.24) is 9.97 Å². The maximum absolute atomic E-state index is 14.0. The molecule has 3 heterocycles. The molecule has 0 bridgehead atoms. The summed E-state index contributed by atoms with van der Waals surface area (Å²) >= 11 is 5.95. The van der Waals surface area contributed by atoms with Crippen molar-refractivity contribution in [3.8, 4) is 11.1 Å². The third kappa shape index (κ3) is 3.26. The molecule has 0 saturated carbocycles. The van der Waals surface area contributed by atoms with Gasteiger partial charge in [-0.25, -0.2) is 9.97 Å². The number of benzene rings is 1. The predicted molar refractivity (Wildman–Crippen MR) is 98.4 cm³/mol. The summed E-state index contributed by atoms with van der Waals surface area (Å²) in [5.41, 5.74) is 3.97. The molecule has 0 N–H and O–H groups in total. The molecule has 1 aromatic carbocycles. The van der Waals surface area contributed by atoms with Crippen molar-refractivity contribution in [3.63, 3.8) is 0 Å². The minimum Gasteiger partial charge on any atom is -0.299 e. The molecule has 0 unspecified atom stereocenters. The molecule has 6 heteroatoms. The molecule has 0 radical (unpaired) electrons. The number of ketones is 1. The van der Waals surface area contributed by atoms with Crippen molar-refractivity contribution in [2.24, 2.45) is 4.99 Å². The van der Waals surface area contributed by atoms with Crippen LogP contribution in [0.25, 0.3) is 11.1 Å². The first kappa shape index (κ1) is 16.5. The molecule has 3 aromatic rings. The third-order valence-corrected chi connectivity index (χ3v) is 4.42. The summed E-state index contributed by atoms with van der Waals surface area (Å²) < 4.78 is 14.0. The summed E-state index contributed by atoms with van der Waals surface area (Å²) in [6.07, 6.45) is 3.45. The molecule has 26 heavy (non-hydrogen) atoms. The van der Waals surface area contributed by atoms with Crippen LogP contribution in [0, 0.1) is 5.95 Å². The van der Waals surface area contributed by atoms with Crippen LogP contribution in [0.5, 0.6) is 0 Å². The van der Waals surface area contributed by atoms with E-state index in [2.05, 4.69) is 15.0 Å². The summed E-state index contributed by atoms with van der Waals surface area (Å²) in [6.45, 7) is 0. The summed E-state index contributed by atoms with van der Waals surface area (Å²) in [4.78, 5) is 24.7. The molecule has 0 atom stereocenters. The van der Waals surface area contributed by atoms with E-state index in [-0.39, 0.29) is 18.6 Å². The minimum absolute atomic E-state index is 0.0410. The molecule has 0 amide bonds. The Morgan fingerprint density at radius 3 is 2.65 bits per heavy atom. The standard InChI is InChI=1S/C20H13ClFN3O/c21-19-10-13(5-7-23-19)18-11-15(26)9-14-8-12(3-4-17(14)25-18)16-2-1-6-24-20(16)22/h1-8,10H,9,11H2. The van der Waals surface area contributed by atoms with Crippen LogP contribution >= 0.6 is 11.6 Å². The van der Waals surface area contributed by atoms with Gasteiger partial charge in [0.15, 0.2) is 0 Å². The Balaban J connectivity index is 1.80. The summed E-state index contributed by atoms with van der Waals surface area (Å²) in [7, 11) is 0. The highest BCUT2D eigenvalue weighted by molar-refractivity contribution is 6.30. The number of carbonyl (C=O) groups excluding carboxylic acids is 1. The van der Waals surface area contributed by atoms with Gasteiger partial charge in [0, 0.05) is 36.4 Å². The number of rotatable bonds is 2. The number of fused-ring (bicyclic) bond motifs is 1. The number of halogens is 2. The van der Waals surface area contributed by atoms with E-state index in [1.165, 1.54) is 6.20 Å². The second kappa shape index (κ2) is 6.77. The maximum Gasteiger partial charge on any atom is 0.220 e. The highest BCUT2D eigenvalue weighted by Gasteiger charge is 2.19. The Morgan fingerprint density at radius 1 is 0.962 bits per heavy atom. The third-order valence-electron chi connectivity index (χ3n) is 4.22. The topological polar surface area (TPSA) is 55.2 Å². The van der Waals surface area contributed by atoms with E-state index in [1.54, 1.807) is 48.7 Å². The number of aliphatic imine (C=N–C) groups is 1. The SMILES string of the molecule is O=C1CC(c2ccnc(Cl)c2)=Nc2ccc(-c3cccnc3F)cc2C1. The Morgan fingerprint density at radius 2 is 1.85 bits per heavy atom. The van der Waals surface area contributed by atoms with E-state index in [4.69, 9.17) is 11.6 Å². The minimum atomic E-state index is -0.539. The number of Topliss-reactive ketones (excluding diaryl/α,β-unsaturated/α-hetero) is 1. The molecule has 4 rings (SSSR count). The summed E-state index contributed by atoms with van der Waals surface area (Å²) in [6, 6.07) is 12.2. The first-order valence-electron chi connectivity index (χ1n) is 8.05. The molecular weight excluding hydrogens is 353 g/mol. The molecule has 128 valence electrons. The largest absolute Gasteiger partial charge is 0.299 e. The van der Waals surface area contributed by atoms with Gasteiger partial charge in [-0.2, -0.15) is 4.39 Å². The fourth-order valence-corrected chi connectivity index (χ4v) is 3.17. The Hall–Kier alpha value is -2.92. The van der Waals surface area contributed by atoms with Crippen LogP contribution in [-0.4, -0.2) is 21.5 Å². The number of hydrogen-bond donors (Lipinski definition) is 0. The molecular formula is C20H13ClFN3O. The fourth-order valence-electron chi connectivity index (χ4n) is 3.00. The van der Waals surface area contributed by atoms with Crippen molar-refractivity contribution in [1.29, 1.82) is 0 Å². The second-order valence-electron chi connectivity index (χ2n) is 6.00. The first-order valence-corrected chi connectivity index (χ1v) is 8.43. The molecule has 0 spiro atoms. The second-order valence-corrected chi connectivity index (χ2v) is 6.39. The lowest BCUT2D eigenvalue weighted by molar-refractivity contribution is -0.117.